The van der Waals surface area contributed by atoms with Crippen molar-refractivity contribution < 1.29 is 14.3 Å². The van der Waals surface area contributed by atoms with Crippen LogP contribution >= 0.6 is 0 Å². The maximum atomic E-state index is 11.7. The first-order valence-electron chi connectivity index (χ1n) is 6.34. The molecule has 1 amide bonds. The highest BCUT2D eigenvalue weighted by Gasteiger charge is 2.15. The van der Waals surface area contributed by atoms with Crippen LogP contribution in [-0.4, -0.2) is 63.4 Å². The number of carbonyl (C=O) groups is 1. The molecule has 0 bridgehead atoms. The molecule has 0 unspecified atom stereocenters. The summed E-state index contributed by atoms with van der Waals surface area (Å²) in [6.07, 6.45) is 0. The van der Waals surface area contributed by atoms with Crippen LogP contribution in [0.2, 0.25) is 0 Å². The third kappa shape index (κ3) is 6.61. The predicted octanol–water partition coefficient (Wildman–Crippen LogP) is 0.107. The van der Waals surface area contributed by atoms with Gasteiger partial charge in [-0.3, -0.25) is 4.79 Å². The van der Waals surface area contributed by atoms with Crippen molar-refractivity contribution in [2.24, 2.45) is 5.92 Å². The van der Waals surface area contributed by atoms with Crippen LogP contribution in [0.1, 0.15) is 13.8 Å². The van der Waals surface area contributed by atoms with Gasteiger partial charge in [-0.05, 0) is 5.92 Å². The summed E-state index contributed by atoms with van der Waals surface area (Å²) < 4.78 is 10.6. The highest BCUT2D eigenvalue weighted by atomic mass is 16.5. The van der Waals surface area contributed by atoms with E-state index >= 15 is 0 Å². The Balaban J connectivity index is 1.96. The Labute approximate surface area is 103 Å². The third-order valence-corrected chi connectivity index (χ3v) is 2.51. The van der Waals surface area contributed by atoms with Gasteiger partial charge in [0, 0.05) is 26.2 Å². The summed E-state index contributed by atoms with van der Waals surface area (Å²) in [6.45, 7) is 9.54. The minimum Gasteiger partial charge on any atom is -0.380 e. The minimum absolute atomic E-state index is 0.150. The van der Waals surface area contributed by atoms with Gasteiger partial charge in [-0.1, -0.05) is 13.8 Å². The molecule has 0 spiro atoms. The third-order valence-electron chi connectivity index (χ3n) is 2.51. The molecule has 5 heteroatoms. The number of amides is 1. The van der Waals surface area contributed by atoms with Gasteiger partial charge in [0.05, 0.1) is 26.4 Å². The number of ether oxygens (including phenoxy) is 2. The first kappa shape index (κ1) is 14.4. The van der Waals surface area contributed by atoms with Gasteiger partial charge in [-0.25, -0.2) is 0 Å². The van der Waals surface area contributed by atoms with Crippen LogP contribution in [-0.2, 0) is 14.3 Å². The van der Waals surface area contributed by atoms with Crippen LogP contribution in [0.15, 0.2) is 0 Å². The van der Waals surface area contributed by atoms with Gasteiger partial charge in [-0.2, -0.15) is 0 Å². The van der Waals surface area contributed by atoms with Gasteiger partial charge in [0.2, 0.25) is 5.91 Å². The van der Waals surface area contributed by atoms with E-state index in [1.54, 1.807) is 0 Å². The zero-order chi connectivity index (χ0) is 12.5. The van der Waals surface area contributed by atoms with Crippen molar-refractivity contribution >= 4 is 5.91 Å². The second kappa shape index (κ2) is 8.44. The largest absolute Gasteiger partial charge is 0.380 e. The molecular weight excluding hydrogens is 220 g/mol. The van der Waals surface area contributed by atoms with Crippen LogP contribution in [0.25, 0.3) is 0 Å². The van der Waals surface area contributed by atoms with Crippen molar-refractivity contribution in [3.63, 3.8) is 0 Å². The number of carbonyl (C=O) groups excluding carboxylic acids is 1. The van der Waals surface area contributed by atoms with Gasteiger partial charge in [0.25, 0.3) is 0 Å². The number of rotatable bonds is 7. The van der Waals surface area contributed by atoms with Gasteiger partial charge >= 0.3 is 0 Å². The fourth-order valence-electron chi connectivity index (χ4n) is 1.58. The summed E-state index contributed by atoms with van der Waals surface area (Å²) >= 11 is 0. The highest BCUT2D eigenvalue weighted by Crippen LogP contribution is 1.96. The van der Waals surface area contributed by atoms with Crippen molar-refractivity contribution in [3.8, 4) is 0 Å². The van der Waals surface area contributed by atoms with E-state index in [9.17, 15) is 4.79 Å². The molecule has 0 atom stereocenters. The maximum absolute atomic E-state index is 11.7. The predicted molar refractivity (Wildman–Crippen MR) is 65.9 cm³/mol. The van der Waals surface area contributed by atoms with Crippen LogP contribution in [0.3, 0.4) is 0 Å². The summed E-state index contributed by atoms with van der Waals surface area (Å²) in [5.74, 6) is 0.710. The molecule has 5 nitrogen and oxygen atoms in total. The first-order valence-corrected chi connectivity index (χ1v) is 6.34. The molecular formula is C12H24N2O3. The molecule has 1 fully saturated rings. The van der Waals surface area contributed by atoms with E-state index in [0.717, 1.165) is 13.2 Å². The van der Waals surface area contributed by atoms with E-state index in [4.69, 9.17) is 9.47 Å². The lowest BCUT2D eigenvalue weighted by molar-refractivity contribution is -0.134. The van der Waals surface area contributed by atoms with Crippen LogP contribution in [0, 0.1) is 5.92 Å². The smallest absolute Gasteiger partial charge is 0.236 e. The maximum Gasteiger partial charge on any atom is 0.236 e. The number of morpholine rings is 1. The van der Waals surface area contributed by atoms with Crippen LogP contribution < -0.4 is 5.32 Å². The lowest BCUT2D eigenvalue weighted by Crippen LogP contribution is -2.45. The lowest BCUT2D eigenvalue weighted by Gasteiger charge is -2.26. The van der Waals surface area contributed by atoms with Crippen molar-refractivity contribution in [1.82, 2.24) is 10.2 Å². The second-order valence-electron chi connectivity index (χ2n) is 4.64. The normalized spacial score (nSPS) is 16.5. The molecule has 0 aromatic heterocycles. The van der Waals surface area contributed by atoms with E-state index in [1.807, 2.05) is 4.90 Å². The Morgan fingerprint density at radius 1 is 1.41 bits per heavy atom. The molecule has 17 heavy (non-hydrogen) atoms. The molecule has 1 aliphatic heterocycles. The molecule has 0 aromatic carbocycles. The van der Waals surface area contributed by atoms with Crippen LogP contribution in [0.4, 0.5) is 0 Å². The summed E-state index contributed by atoms with van der Waals surface area (Å²) in [5, 5.41) is 3.10. The summed E-state index contributed by atoms with van der Waals surface area (Å²) in [7, 11) is 0. The fraction of sp³-hybridized carbons (Fsp3) is 0.917. The average molecular weight is 244 g/mol. The Morgan fingerprint density at radius 2 is 2.12 bits per heavy atom. The number of nitrogens with zero attached hydrogens (tertiary/aromatic N) is 1. The molecule has 0 aromatic rings. The van der Waals surface area contributed by atoms with E-state index in [1.165, 1.54) is 0 Å². The molecule has 0 aliphatic carbocycles. The Morgan fingerprint density at radius 3 is 2.76 bits per heavy atom. The molecule has 1 saturated heterocycles. The topological polar surface area (TPSA) is 50.8 Å². The highest BCUT2D eigenvalue weighted by molar-refractivity contribution is 5.78. The number of hydrogen-bond donors (Lipinski definition) is 1. The summed E-state index contributed by atoms with van der Waals surface area (Å²) in [4.78, 5) is 13.5. The Bertz CT molecular complexity index is 216. The number of nitrogens with one attached hydrogen (secondary N) is 1. The molecule has 0 saturated carbocycles. The summed E-state index contributed by atoms with van der Waals surface area (Å²) in [5.41, 5.74) is 0. The standard InChI is InChI=1S/C12H24N2O3/c1-11(2)10-17-6-3-13-9-12(15)14-4-7-16-8-5-14/h11,13H,3-10H2,1-2H3. The zero-order valence-corrected chi connectivity index (χ0v) is 10.9. The van der Waals surface area contributed by atoms with Crippen molar-refractivity contribution in [2.75, 3.05) is 52.6 Å². The average Bonchev–Trinajstić information content (AvgIpc) is 2.34. The SMILES string of the molecule is CC(C)COCCNCC(=O)N1CCOCC1. The van der Waals surface area contributed by atoms with E-state index in [-0.39, 0.29) is 5.91 Å². The van der Waals surface area contributed by atoms with Crippen molar-refractivity contribution in [3.05, 3.63) is 0 Å². The Kier molecular flexibility index (Phi) is 7.16. The van der Waals surface area contributed by atoms with Gasteiger partial charge in [-0.15, -0.1) is 0 Å². The fourth-order valence-corrected chi connectivity index (χ4v) is 1.58. The second-order valence-corrected chi connectivity index (χ2v) is 4.64. The van der Waals surface area contributed by atoms with Crippen molar-refractivity contribution in [1.29, 1.82) is 0 Å². The van der Waals surface area contributed by atoms with Crippen LogP contribution in [0.5, 0.6) is 0 Å². The Hall–Kier alpha value is -0.650. The van der Waals surface area contributed by atoms with E-state index < -0.39 is 0 Å². The van der Waals surface area contributed by atoms with Gasteiger partial charge < -0.3 is 19.7 Å². The van der Waals surface area contributed by atoms with E-state index in [2.05, 4.69) is 19.2 Å². The molecule has 1 heterocycles. The molecule has 1 N–H and O–H groups in total. The van der Waals surface area contributed by atoms with Gasteiger partial charge in [0.1, 0.15) is 0 Å². The zero-order valence-electron chi connectivity index (χ0n) is 10.9. The summed E-state index contributed by atoms with van der Waals surface area (Å²) in [6, 6.07) is 0. The lowest BCUT2D eigenvalue weighted by atomic mass is 10.2. The first-order chi connectivity index (χ1) is 8.20. The van der Waals surface area contributed by atoms with Gasteiger partial charge in [0.15, 0.2) is 0 Å². The molecule has 0 radical (unpaired) electrons. The van der Waals surface area contributed by atoms with Crippen molar-refractivity contribution in [2.45, 2.75) is 13.8 Å². The quantitative estimate of drug-likeness (QED) is 0.646. The minimum atomic E-state index is 0.150. The molecule has 1 aliphatic rings. The monoisotopic (exact) mass is 244 g/mol. The van der Waals surface area contributed by atoms with E-state index in [0.29, 0.717) is 45.4 Å². The molecule has 100 valence electrons. The molecule has 1 rings (SSSR count). The number of hydrogen-bond acceptors (Lipinski definition) is 4.